The summed E-state index contributed by atoms with van der Waals surface area (Å²) >= 11 is 7.14. The van der Waals surface area contributed by atoms with Crippen molar-refractivity contribution in [2.45, 2.75) is 10.8 Å². The first-order valence-corrected chi connectivity index (χ1v) is 6.69. The summed E-state index contributed by atoms with van der Waals surface area (Å²) in [4.78, 5) is 14.8. The lowest BCUT2D eigenvalue weighted by Gasteiger charge is -2.05. The molecule has 3 nitrogen and oxygen atoms in total. The van der Waals surface area contributed by atoms with Crippen LogP contribution in [-0.2, 0) is 5.75 Å². The Morgan fingerprint density at radius 1 is 1.42 bits per heavy atom. The van der Waals surface area contributed by atoms with Gasteiger partial charge in [0, 0.05) is 22.5 Å². The van der Waals surface area contributed by atoms with Gasteiger partial charge in [-0.1, -0.05) is 17.7 Å². The molecule has 2 rings (SSSR count). The monoisotopic (exact) mass is 297 g/mol. The number of hydrogen-bond acceptors (Lipinski definition) is 3. The Labute approximate surface area is 118 Å². The summed E-state index contributed by atoms with van der Waals surface area (Å²) in [5, 5.41) is 9.73. The van der Waals surface area contributed by atoms with Gasteiger partial charge in [0.1, 0.15) is 5.82 Å². The number of hydrogen-bond donors (Lipinski definition) is 1. The minimum atomic E-state index is -1.02. The van der Waals surface area contributed by atoms with Gasteiger partial charge in [0.2, 0.25) is 0 Å². The van der Waals surface area contributed by atoms with E-state index in [9.17, 15) is 9.18 Å². The van der Waals surface area contributed by atoms with Crippen molar-refractivity contribution in [3.8, 4) is 0 Å². The van der Waals surface area contributed by atoms with E-state index in [1.54, 1.807) is 6.07 Å². The molecular formula is C13H9ClFNO2S. The third-order valence-electron chi connectivity index (χ3n) is 2.41. The van der Waals surface area contributed by atoms with Gasteiger partial charge in [0.05, 0.1) is 10.6 Å². The van der Waals surface area contributed by atoms with Gasteiger partial charge in [-0.3, -0.25) is 0 Å². The Kier molecular flexibility index (Phi) is 4.39. The Hall–Kier alpha value is -1.59. The molecule has 0 saturated carbocycles. The minimum Gasteiger partial charge on any atom is -0.478 e. The average molecular weight is 298 g/mol. The van der Waals surface area contributed by atoms with Crippen LogP contribution in [0.2, 0.25) is 5.02 Å². The number of carbonyl (C=O) groups is 1. The smallest absolute Gasteiger partial charge is 0.335 e. The zero-order chi connectivity index (χ0) is 13.8. The van der Waals surface area contributed by atoms with Gasteiger partial charge >= 0.3 is 5.97 Å². The molecule has 0 bridgehead atoms. The molecule has 0 saturated heterocycles. The molecule has 2 aromatic rings. The van der Waals surface area contributed by atoms with Gasteiger partial charge in [0.25, 0.3) is 0 Å². The first kappa shape index (κ1) is 13.8. The van der Waals surface area contributed by atoms with Crippen molar-refractivity contribution in [3.63, 3.8) is 0 Å². The Morgan fingerprint density at radius 3 is 2.89 bits per heavy atom. The number of nitrogens with zero attached hydrogens (tertiary/aromatic N) is 1. The van der Waals surface area contributed by atoms with E-state index in [0.717, 1.165) is 0 Å². The Bertz CT molecular complexity index is 601. The molecule has 98 valence electrons. The molecule has 1 aromatic heterocycles. The van der Waals surface area contributed by atoms with Crippen LogP contribution in [0, 0.1) is 5.82 Å². The fraction of sp³-hybridized carbons (Fsp3) is 0.0769. The second-order valence-corrected chi connectivity index (χ2v) is 5.08. The second kappa shape index (κ2) is 6.04. The summed E-state index contributed by atoms with van der Waals surface area (Å²) in [6.45, 7) is 0. The summed E-state index contributed by atoms with van der Waals surface area (Å²) < 4.78 is 13.5. The van der Waals surface area contributed by atoms with Crippen molar-refractivity contribution in [1.29, 1.82) is 0 Å². The van der Waals surface area contributed by atoms with Crippen molar-refractivity contribution >= 4 is 29.3 Å². The molecule has 0 radical (unpaired) electrons. The molecule has 19 heavy (non-hydrogen) atoms. The van der Waals surface area contributed by atoms with Crippen LogP contribution in [0.1, 0.15) is 15.9 Å². The maximum atomic E-state index is 13.5. The molecule has 0 aliphatic rings. The van der Waals surface area contributed by atoms with E-state index in [4.69, 9.17) is 16.7 Å². The Morgan fingerprint density at radius 2 is 2.21 bits per heavy atom. The van der Waals surface area contributed by atoms with E-state index in [-0.39, 0.29) is 11.4 Å². The number of pyridine rings is 1. The topological polar surface area (TPSA) is 50.2 Å². The van der Waals surface area contributed by atoms with Crippen LogP contribution in [0.15, 0.2) is 41.6 Å². The first-order valence-electron chi connectivity index (χ1n) is 5.33. The highest BCUT2D eigenvalue weighted by Crippen LogP contribution is 2.27. The maximum absolute atomic E-state index is 13.5. The van der Waals surface area contributed by atoms with E-state index in [0.29, 0.717) is 21.4 Å². The van der Waals surface area contributed by atoms with Gasteiger partial charge in [-0.25, -0.2) is 14.2 Å². The number of halogens is 2. The molecule has 0 spiro atoms. The summed E-state index contributed by atoms with van der Waals surface area (Å²) in [7, 11) is 0. The van der Waals surface area contributed by atoms with Crippen LogP contribution in [0.25, 0.3) is 0 Å². The van der Waals surface area contributed by atoms with Crippen LogP contribution >= 0.6 is 23.4 Å². The predicted molar refractivity (Wildman–Crippen MR) is 72.2 cm³/mol. The second-order valence-electron chi connectivity index (χ2n) is 3.68. The molecule has 0 aliphatic heterocycles. The van der Waals surface area contributed by atoms with Crippen molar-refractivity contribution in [1.82, 2.24) is 4.98 Å². The number of aromatic carboxylic acids is 1. The van der Waals surface area contributed by atoms with Gasteiger partial charge < -0.3 is 5.11 Å². The van der Waals surface area contributed by atoms with Crippen LogP contribution in [0.3, 0.4) is 0 Å². The quantitative estimate of drug-likeness (QED) is 0.871. The predicted octanol–water partition coefficient (Wildman–Crippen LogP) is 3.86. The van der Waals surface area contributed by atoms with Crippen molar-refractivity contribution in [3.05, 3.63) is 58.5 Å². The standard InChI is InChI=1S/C13H9ClFNO2S/c14-10-2-1-3-11(15)9(10)7-19-12-6-8(13(17)18)4-5-16-12/h1-6H,7H2,(H,17,18). The molecule has 0 unspecified atom stereocenters. The largest absolute Gasteiger partial charge is 0.478 e. The van der Waals surface area contributed by atoms with Crippen LogP contribution < -0.4 is 0 Å². The van der Waals surface area contributed by atoms with Crippen LogP contribution in [0.4, 0.5) is 4.39 Å². The lowest BCUT2D eigenvalue weighted by molar-refractivity contribution is 0.0696. The SMILES string of the molecule is O=C(O)c1ccnc(SCc2c(F)cccc2Cl)c1. The minimum absolute atomic E-state index is 0.150. The molecule has 1 aromatic carbocycles. The van der Waals surface area contributed by atoms with E-state index in [1.807, 2.05) is 0 Å². The lowest BCUT2D eigenvalue weighted by Crippen LogP contribution is -1.97. The highest BCUT2D eigenvalue weighted by molar-refractivity contribution is 7.98. The molecule has 0 amide bonds. The fourth-order valence-corrected chi connectivity index (χ4v) is 2.68. The third kappa shape index (κ3) is 3.45. The van der Waals surface area contributed by atoms with Gasteiger partial charge in [-0.2, -0.15) is 0 Å². The van der Waals surface area contributed by atoms with Gasteiger partial charge in [0.15, 0.2) is 0 Å². The van der Waals surface area contributed by atoms with E-state index in [1.165, 1.54) is 42.2 Å². The molecule has 1 heterocycles. The van der Waals surface area contributed by atoms with Gasteiger partial charge in [-0.15, -0.1) is 11.8 Å². The van der Waals surface area contributed by atoms with Crippen LogP contribution in [-0.4, -0.2) is 16.1 Å². The number of carboxylic acids is 1. The zero-order valence-corrected chi connectivity index (χ0v) is 11.2. The molecule has 0 atom stereocenters. The normalized spacial score (nSPS) is 10.4. The average Bonchev–Trinajstić information content (AvgIpc) is 2.38. The summed E-state index contributed by atoms with van der Waals surface area (Å²) in [5.41, 5.74) is 0.536. The first-order chi connectivity index (χ1) is 9.08. The third-order valence-corrected chi connectivity index (χ3v) is 3.71. The highest BCUT2D eigenvalue weighted by atomic mass is 35.5. The summed E-state index contributed by atoms with van der Waals surface area (Å²) in [5.74, 6) is -1.11. The number of benzene rings is 1. The molecule has 0 aliphatic carbocycles. The van der Waals surface area contributed by atoms with E-state index < -0.39 is 5.97 Å². The van der Waals surface area contributed by atoms with E-state index in [2.05, 4.69) is 4.98 Å². The Balaban J connectivity index is 2.15. The molecule has 1 N–H and O–H groups in total. The highest BCUT2D eigenvalue weighted by Gasteiger charge is 2.09. The van der Waals surface area contributed by atoms with Crippen LogP contribution in [0.5, 0.6) is 0 Å². The van der Waals surface area contributed by atoms with Gasteiger partial charge in [-0.05, 0) is 24.3 Å². The number of rotatable bonds is 4. The summed E-state index contributed by atoms with van der Waals surface area (Å²) in [6, 6.07) is 7.34. The van der Waals surface area contributed by atoms with Crippen molar-refractivity contribution in [2.75, 3.05) is 0 Å². The number of aromatic nitrogens is 1. The zero-order valence-electron chi connectivity index (χ0n) is 9.64. The number of carboxylic acid groups (broad SMARTS) is 1. The van der Waals surface area contributed by atoms with E-state index >= 15 is 0 Å². The molecular weight excluding hydrogens is 289 g/mol. The fourth-order valence-electron chi connectivity index (χ4n) is 1.44. The number of thioether (sulfide) groups is 1. The lowest BCUT2D eigenvalue weighted by atomic mass is 10.2. The molecule has 0 fully saturated rings. The van der Waals surface area contributed by atoms with Crippen molar-refractivity contribution in [2.24, 2.45) is 0 Å². The maximum Gasteiger partial charge on any atom is 0.335 e. The summed E-state index contributed by atoms with van der Waals surface area (Å²) in [6.07, 6.45) is 1.41. The molecule has 6 heteroatoms. The van der Waals surface area contributed by atoms with Crippen molar-refractivity contribution < 1.29 is 14.3 Å².